The summed E-state index contributed by atoms with van der Waals surface area (Å²) in [5, 5.41) is 37.4. The number of aliphatic hydroxyl groups excluding tert-OH is 4. The molecule has 0 aromatic carbocycles. The molecule has 5 atom stereocenters. The summed E-state index contributed by atoms with van der Waals surface area (Å²) in [7, 11) is 0. The van der Waals surface area contributed by atoms with Crippen LogP contribution in [0.1, 0.15) is 6.42 Å². The highest BCUT2D eigenvalue weighted by Gasteiger charge is 2.51. The van der Waals surface area contributed by atoms with Gasteiger partial charge in [-0.15, -0.1) is 0 Å². The van der Waals surface area contributed by atoms with Crippen LogP contribution in [0.2, 0.25) is 0 Å². The Morgan fingerprint density at radius 2 is 1.85 bits per heavy atom. The van der Waals surface area contributed by atoms with Crippen molar-refractivity contribution in [2.75, 3.05) is 13.2 Å². The first kappa shape index (κ1) is 9.36. The third-order valence-corrected chi connectivity index (χ3v) is 3.11. The molecule has 0 unspecified atom stereocenters. The van der Waals surface area contributed by atoms with Crippen molar-refractivity contribution in [2.45, 2.75) is 36.8 Å². The SMILES string of the molecule is OC[C@H]1[C@@H](O)[C@H](O)[C@H]2C[C@@H](O)CN21. The van der Waals surface area contributed by atoms with Gasteiger partial charge in [-0.2, -0.15) is 0 Å². The fraction of sp³-hybridized carbons (Fsp3) is 1.00. The van der Waals surface area contributed by atoms with Gasteiger partial charge in [-0.25, -0.2) is 0 Å². The van der Waals surface area contributed by atoms with E-state index in [1.165, 1.54) is 0 Å². The molecule has 2 rings (SSSR count). The summed E-state index contributed by atoms with van der Waals surface area (Å²) in [6.07, 6.45) is -1.69. The maximum atomic E-state index is 9.57. The molecule has 2 fully saturated rings. The van der Waals surface area contributed by atoms with Crippen molar-refractivity contribution < 1.29 is 20.4 Å². The summed E-state index contributed by atoms with van der Waals surface area (Å²) in [4.78, 5) is 1.79. The van der Waals surface area contributed by atoms with Crippen molar-refractivity contribution >= 4 is 0 Å². The summed E-state index contributed by atoms with van der Waals surface area (Å²) in [5.41, 5.74) is 0. The van der Waals surface area contributed by atoms with Crippen LogP contribution in [0.4, 0.5) is 0 Å². The molecule has 5 nitrogen and oxygen atoms in total. The molecular formula is C8H15NO4. The fourth-order valence-corrected chi connectivity index (χ4v) is 2.45. The highest BCUT2D eigenvalue weighted by molar-refractivity contribution is 5.05. The first-order valence-corrected chi connectivity index (χ1v) is 4.56. The Bertz CT molecular complexity index is 199. The lowest BCUT2D eigenvalue weighted by Crippen LogP contribution is -2.40. The minimum Gasteiger partial charge on any atom is -0.395 e. The third-order valence-electron chi connectivity index (χ3n) is 3.11. The van der Waals surface area contributed by atoms with Crippen LogP contribution in [-0.4, -0.2) is 68.9 Å². The van der Waals surface area contributed by atoms with Crippen LogP contribution in [0, 0.1) is 0 Å². The van der Waals surface area contributed by atoms with Crippen LogP contribution in [0.15, 0.2) is 0 Å². The van der Waals surface area contributed by atoms with E-state index in [9.17, 15) is 15.3 Å². The van der Waals surface area contributed by atoms with Gasteiger partial charge in [0.05, 0.1) is 31.0 Å². The molecule has 0 aromatic rings. The second kappa shape index (κ2) is 3.18. The molecule has 2 heterocycles. The summed E-state index contributed by atoms with van der Waals surface area (Å²) < 4.78 is 0. The Balaban J connectivity index is 2.15. The number of rotatable bonds is 1. The monoisotopic (exact) mass is 189 g/mol. The molecule has 4 N–H and O–H groups in total. The Kier molecular flexibility index (Phi) is 2.29. The second-order valence-electron chi connectivity index (χ2n) is 3.88. The van der Waals surface area contributed by atoms with Gasteiger partial charge in [-0.3, -0.25) is 4.90 Å². The molecule has 0 saturated carbocycles. The molecule has 2 aliphatic heterocycles. The number of hydrogen-bond acceptors (Lipinski definition) is 5. The number of aliphatic hydroxyl groups is 4. The molecule has 2 aliphatic rings. The van der Waals surface area contributed by atoms with Crippen molar-refractivity contribution in [2.24, 2.45) is 0 Å². The summed E-state index contributed by atoms with van der Waals surface area (Å²) in [5.74, 6) is 0. The standard InChI is InChI=1S/C8H15NO4/c10-3-6-8(13)7(12)5-1-4(11)2-9(5)6/h4-8,10-13H,1-3H2/t4-,5-,6+,7-,8-/m1/s1. The van der Waals surface area contributed by atoms with Crippen LogP contribution in [0.5, 0.6) is 0 Å². The third kappa shape index (κ3) is 1.28. The van der Waals surface area contributed by atoms with Gasteiger partial charge in [0, 0.05) is 12.6 Å². The van der Waals surface area contributed by atoms with E-state index in [1.54, 1.807) is 4.90 Å². The fourth-order valence-electron chi connectivity index (χ4n) is 2.45. The lowest BCUT2D eigenvalue weighted by Gasteiger charge is -2.22. The van der Waals surface area contributed by atoms with Crippen LogP contribution < -0.4 is 0 Å². The largest absolute Gasteiger partial charge is 0.395 e. The van der Waals surface area contributed by atoms with E-state index in [-0.39, 0.29) is 12.6 Å². The average Bonchev–Trinajstić information content (AvgIpc) is 2.54. The molecule has 0 spiro atoms. The van der Waals surface area contributed by atoms with Crippen molar-refractivity contribution in [3.63, 3.8) is 0 Å². The van der Waals surface area contributed by atoms with Crippen LogP contribution >= 0.6 is 0 Å². The second-order valence-corrected chi connectivity index (χ2v) is 3.88. The summed E-state index contributed by atoms with van der Waals surface area (Å²) in [6, 6.07) is -0.612. The first-order chi connectivity index (χ1) is 6.15. The highest BCUT2D eigenvalue weighted by atomic mass is 16.3. The van der Waals surface area contributed by atoms with Crippen LogP contribution in [0.3, 0.4) is 0 Å². The molecule has 0 amide bonds. The van der Waals surface area contributed by atoms with E-state index in [2.05, 4.69) is 0 Å². The Morgan fingerprint density at radius 3 is 2.46 bits per heavy atom. The maximum absolute atomic E-state index is 9.57. The quantitative estimate of drug-likeness (QED) is 0.367. The lowest BCUT2D eigenvalue weighted by atomic mass is 10.0. The van der Waals surface area contributed by atoms with Gasteiger partial charge in [0.25, 0.3) is 0 Å². The summed E-state index contributed by atoms with van der Waals surface area (Å²) >= 11 is 0. The van der Waals surface area contributed by atoms with Crippen LogP contribution in [0.25, 0.3) is 0 Å². The van der Waals surface area contributed by atoms with E-state index in [0.29, 0.717) is 13.0 Å². The van der Waals surface area contributed by atoms with Crippen molar-refractivity contribution in [1.29, 1.82) is 0 Å². The predicted octanol–water partition coefficient (Wildman–Crippen LogP) is -2.48. The lowest BCUT2D eigenvalue weighted by molar-refractivity contribution is 0.00859. The summed E-state index contributed by atoms with van der Waals surface area (Å²) in [6.45, 7) is 0.255. The van der Waals surface area contributed by atoms with E-state index in [0.717, 1.165) is 0 Å². The van der Waals surface area contributed by atoms with Crippen molar-refractivity contribution in [1.82, 2.24) is 4.90 Å². The molecule has 13 heavy (non-hydrogen) atoms. The normalized spacial score (nSPS) is 51.2. The smallest absolute Gasteiger partial charge is 0.0991 e. The number of hydrogen-bond donors (Lipinski definition) is 4. The predicted molar refractivity (Wildman–Crippen MR) is 44.0 cm³/mol. The van der Waals surface area contributed by atoms with Gasteiger partial charge in [0.1, 0.15) is 0 Å². The van der Waals surface area contributed by atoms with Crippen LogP contribution in [-0.2, 0) is 0 Å². The Hall–Kier alpha value is -0.200. The molecule has 76 valence electrons. The molecule has 0 bridgehead atoms. The molecular weight excluding hydrogens is 174 g/mol. The minimum atomic E-state index is -0.887. The van der Waals surface area contributed by atoms with Gasteiger partial charge in [-0.05, 0) is 6.42 Å². The van der Waals surface area contributed by atoms with E-state index < -0.39 is 24.4 Å². The van der Waals surface area contributed by atoms with Gasteiger partial charge in [-0.1, -0.05) is 0 Å². The topological polar surface area (TPSA) is 84.2 Å². The van der Waals surface area contributed by atoms with Crippen molar-refractivity contribution in [3.8, 4) is 0 Å². The zero-order chi connectivity index (χ0) is 9.59. The van der Waals surface area contributed by atoms with Crippen molar-refractivity contribution in [3.05, 3.63) is 0 Å². The minimum absolute atomic E-state index is 0.179. The van der Waals surface area contributed by atoms with Gasteiger partial charge >= 0.3 is 0 Å². The Morgan fingerprint density at radius 1 is 1.15 bits per heavy atom. The molecule has 0 aromatic heterocycles. The van der Waals surface area contributed by atoms with E-state index in [1.807, 2.05) is 0 Å². The number of fused-ring (bicyclic) bond motifs is 1. The highest BCUT2D eigenvalue weighted by Crippen LogP contribution is 2.32. The zero-order valence-corrected chi connectivity index (χ0v) is 7.24. The van der Waals surface area contributed by atoms with E-state index >= 15 is 0 Å². The first-order valence-electron chi connectivity index (χ1n) is 4.56. The molecule has 0 radical (unpaired) electrons. The average molecular weight is 189 g/mol. The van der Waals surface area contributed by atoms with E-state index in [4.69, 9.17) is 5.11 Å². The molecule has 2 saturated heterocycles. The number of nitrogens with zero attached hydrogens (tertiary/aromatic N) is 1. The maximum Gasteiger partial charge on any atom is 0.0991 e. The molecule has 5 heteroatoms. The van der Waals surface area contributed by atoms with Gasteiger partial charge in [0.15, 0.2) is 0 Å². The van der Waals surface area contributed by atoms with Gasteiger partial charge < -0.3 is 20.4 Å². The zero-order valence-electron chi connectivity index (χ0n) is 7.24. The molecule has 0 aliphatic carbocycles. The van der Waals surface area contributed by atoms with Gasteiger partial charge in [0.2, 0.25) is 0 Å². The Labute approximate surface area is 76.2 Å².